The summed E-state index contributed by atoms with van der Waals surface area (Å²) in [5, 5.41) is 4.41. The largest absolute Gasteiger partial charge is 0.333 e. The molecule has 0 aliphatic rings. The van der Waals surface area contributed by atoms with Gasteiger partial charge in [-0.25, -0.2) is 9.53 Å². The molecule has 0 fully saturated rings. The molecule has 0 radical (unpaired) electrons. The topological polar surface area (TPSA) is 69.4 Å². The summed E-state index contributed by atoms with van der Waals surface area (Å²) < 4.78 is 37.9. The molecule has 7 heteroatoms. The van der Waals surface area contributed by atoms with Crippen LogP contribution in [0.25, 0.3) is 0 Å². The van der Waals surface area contributed by atoms with Crippen molar-refractivity contribution in [2.45, 2.75) is 6.61 Å². The normalized spacial score (nSPS) is 11.6. The van der Waals surface area contributed by atoms with Gasteiger partial charge in [-0.15, -0.1) is 0 Å². The Bertz CT molecular complexity index is 435. The van der Waals surface area contributed by atoms with Crippen LogP contribution in [0.1, 0.15) is 5.56 Å². The van der Waals surface area contributed by atoms with Crippen LogP contribution in [0.2, 0.25) is 5.02 Å². The van der Waals surface area contributed by atoms with Crippen molar-refractivity contribution in [3.05, 3.63) is 34.6 Å². The first-order valence-corrected chi connectivity index (χ1v) is 5.35. The highest BCUT2D eigenvalue weighted by atomic mass is 35.5. The lowest BCUT2D eigenvalue weighted by atomic mass is 10.2. The van der Waals surface area contributed by atoms with E-state index in [1.54, 1.807) is 0 Å². The molecule has 0 atom stereocenters. The molecule has 0 saturated carbocycles. The Kier molecular flexibility index (Phi) is 3.43. The lowest BCUT2D eigenvalue weighted by Gasteiger charge is -2.03. The van der Waals surface area contributed by atoms with Crippen molar-refractivity contribution in [3.8, 4) is 0 Å². The molecule has 78 valence electrons. The van der Waals surface area contributed by atoms with Crippen molar-refractivity contribution in [2.75, 3.05) is 0 Å². The molecular formula is C7H7ClFNO3S. The van der Waals surface area contributed by atoms with Crippen LogP contribution in [0.5, 0.6) is 0 Å². The monoisotopic (exact) mass is 239 g/mol. The molecule has 0 amide bonds. The summed E-state index contributed by atoms with van der Waals surface area (Å²) >= 11 is 5.53. The van der Waals surface area contributed by atoms with E-state index in [-0.39, 0.29) is 17.2 Å². The van der Waals surface area contributed by atoms with Gasteiger partial charge in [-0.2, -0.15) is 8.42 Å². The van der Waals surface area contributed by atoms with E-state index in [4.69, 9.17) is 11.6 Å². The highest BCUT2D eigenvalue weighted by Crippen LogP contribution is 2.20. The second-order valence-electron chi connectivity index (χ2n) is 2.47. The van der Waals surface area contributed by atoms with Crippen molar-refractivity contribution >= 4 is 21.9 Å². The molecule has 1 aromatic carbocycles. The molecule has 4 nitrogen and oxygen atoms in total. The van der Waals surface area contributed by atoms with Crippen molar-refractivity contribution in [2.24, 2.45) is 5.14 Å². The van der Waals surface area contributed by atoms with Crippen LogP contribution < -0.4 is 5.14 Å². The van der Waals surface area contributed by atoms with Crippen molar-refractivity contribution in [1.82, 2.24) is 0 Å². The van der Waals surface area contributed by atoms with Crippen molar-refractivity contribution in [3.63, 3.8) is 0 Å². The van der Waals surface area contributed by atoms with E-state index in [2.05, 4.69) is 9.32 Å². The molecule has 1 rings (SSSR count). The first-order valence-electron chi connectivity index (χ1n) is 3.50. The number of hydrogen-bond donors (Lipinski definition) is 1. The fourth-order valence-electron chi connectivity index (χ4n) is 0.806. The molecule has 0 spiro atoms. The molecule has 14 heavy (non-hydrogen) atoms. The molecule has 0 heterocycles. The smallest absolute Gasteiger partial charge is 0.253 e. The van der Waals surface area contributed by atoms with Crippen molar-refractivity contribution in [1.29, 1.82) is 0 Å². The van der Waals surface area contributed by atoms with Gasteiger partial charge in [-0.3, -0.25) is 4.18 Å². The van der Waals surface area contributed by atoms with Gasteiger partial charge >= 0.3 is 10.3 Å². The highest BCUT2D eigenvalue weighted by Gasteiger charge is 2.08. The van der Waals surface area contributed by atoms with Crippen LogP contribution in [-0.2, 0) is 21.1 Å². The molecule has 0 bridgehead atoms. The van der Waals surface area contributed by atoms with Gasteiger partial charge in [0.2, 0.25) is 0 Å². The number of hydrogen-bond acceptors (Lipinski definition) is 3. The fraction of sp³-hybridized carbons (Fsp3) is 0.143. The average Bonchev–Trinajstić information content (AvgIpc) is 2.06. The minimum atomic E-state index is -4.03. The van der Waals surface area contributed by atoms with Crippen LogP contribution in [0.15, 0.2) is 18.2 Å². The van der Waals surface area contributed by atoms with E-state index in [1.807, 2.05) is 0 Å². The summed E-state index contributed by atoms with van der Waals surface area (Å²) in [7, 11) is -4.03. The molecule has 0 aromatic heterocycles. The first-order chi connectivity index (χ1) is 6.40. The molecular weight excluding hydrogens is 233 g/mol. The van der Waals surface area contributed by atoms with Crippen LogP contribution >= 0.6 is 11.6 Å². The molecule has 0 unspecified atom stereocenters. The third-order valence-corrected chi connectivity index (χ3v) is 2.28. The number of nitrogens with two attached hydrogens (primary N) is 1. The van der Waals surface area contributed by atoms with Gasteiger partial charge in [-0.1, -0.05) is 23.7 Å². The predicted molar refractivity (Wildman–Crippen MR) is 49.3 cm³/mol. The van der Waals surface area contributed by atoms with Gasteiger partial charge in [0.1, 0.15) is 5.82 Å². The number of halogens is 2. The zero-order chi connectivity index (χ0) is 10.8. The second-order valence-corrected chi connectivity index (χ2v) is 4.07. The fourth-order valence-corrected chi connectivity index (χ4v) is 1.28. The van der Waals surface area contributed by atoms with Gasteiger partial charge in [0.05, 0.1) is 11.6 Å². The van der Waals surface area contributed by atoms with E-state index < -0.39 is 16.1 Å². The van der Waals surface area contributed by atoms with Crippen LogP contribution in [0.4, 0.5) is 4.39 Å². The average molecular weight is 240 g/mol. The SMILES string of the molecule is NS(=O)(=O)OCc1cccc(F)c1Cl. The zero-order valence-corrected chi connectivity index (χ0v) is 8.48. The third kappa shape index (κ3) is 3.22. The first kappa shape index (κ1) is 11.4. The maximum absolute atomic E-state index is 12.8. The molecule has 0 aliphatic heterocycles. The minimum absolute atomic E-state index is 0.170. The minimum Gasteiger partial charge on any atom is -0.253 e. The van der Waals surface area contributed by atoms with E-state index in [1.165, 1.54) is 12.1 Å². The lowest BCUT2D eigenvalue weighted by Crippen LogP contribution is -2.15. The summed E-state index contributed by atoms with van der Waals surface area (Å²) in [4.78, 5) is 0. The predicted octanol–water partition coefficient (Wildman–Crippen LogP) is 1.20. The zero-order valence-electron chi connectivity index (χ0n) is 6.91. The maximum Gasteiger partial charge on any atom is 0.333 e. The standard InChI is InChI=1S/C7H7ClFNO3S/c8-7-5(2-1-3-6(7)9)4-13-14(10,11)12/h1-3H,4H2,(H2,10,11,12). The Morgan fingerprint density at radius 2 is 2.14 bits per heavy atom. The van der Waals surface area contributed by atoms with E-state index in [0.717, 1.165) is 6.07 Å². The molecule has 1 aromatic rings. The second kappa shape index (κ2) is 4.22. The molecule has 0 aliphatic carbocycles. The number of rotatable bonds is 3. The maximum atomic E-state index is 12.8. The van der Waals surface area contributed by atoms with Gasteiger partial charge in [0.25, 0.3) is 0 Å². The quantitative estimate of drug-likeness (QED) is 0.862. The lowest BCUT2D eigenvalue weighted by molar-refractivity contribution is 0.308. The summed E-state index contributed by atoms with van der Waals surface area (Å²) in [5.41, 5.74) is 0.223. The molecule has 2 N–H and O–H groups in total. The van der Waals surface area contributed by atoms with Gasteiger partial charge in [0.15, 0.2) is 0 Å². The summed E-state index contributed by atoms with van der Waals surface area (Å²) in [6.07, 6.45) is 0. The van der Waals surface area contributed by atoms with Crippen LogP contribution in [-0.4, -0.2) is 8.42 Å². The Hall–Kier alpha value is -0.690. The Morgan fingerprint density at radius 3 is 2.71 bits per heavy atom. The van der Waals surface area contributed by atoms with E-state index in [9.17, 15) is 12.8 Å². The van der Waals surface area contributed by atoms with Gasteiger partial charge < -0.3 is 0 Å². The Balaban J connectivity index is 2.83. The summed E-state index contributed by atoms with van der Waals surface area (Å²) in [6, 6.07) is 3.99. The Labute approximate surface area is 85.7 Å². The van der Waals surface area contributed by atoms with E-state index in [0.29, 0.717) is 0 Å². The van der Waals surface area contributed by atoms with Gasteiger partial charge in [0, 0.05) is 5.56 Å². The Morgan fingerprint density at radius 1 is 1.50 bits per heavy atom. The third-order valence-electron chi connectivity index (χ3n) is 1.41. The van der Waals surface area contributed by atoms with Gasteiger partial charge in [-0.05, 0) is 6.07 Å². The summed E-state index contributed by atoms with van der Waals surface area (Å²) in [5.74, 6) is -0.637. The van der Waals surface area contributed by atoms with E-state index >= 15 is 0 Å². The summed E-state index contributed by atoms with van der Waals surface area (Å²) in [6.45, 7) is -0.380. The van der Waals surface area contributed by atoms with Crippen LogP contribution in [0.3, 0.4) is 0 Å². The van der Waals surface area contributed by atoms with Crippen LogP contribution in [0, 0.1) is 5.82 Å². The highest BCUT2D eigenvalue weighted by molar-refractivity contribution is 7.84. The van der Waals surface area contributed by atoms with Crippen molar-refractivity contribution < 1.29 is 17.0 Å². The number of benzene rings is 1. The molecule has 0 saturated heterocycles.